The summed E-state index contributed by atoms with van der Waals surface area (Å²) in [5, 5.41) is 27.6. The lowest BCUT2D eigenvalue weighted by molar-refractivity contribution is 0.151. The number of nitrogens with zero attached hydrogens (tertiary/aromatic N) is 7. The fourth-order valence-corrected chi connectivity index (χ4v) is 5.92. The van der Waals surface area contributed by atoms with E-state index in [1.165, 1.54) is 37.8 Å². The molecule has 0 bridgehead atoms. The zero-order valence-electron chi connectivity index (χ0n) is 19.8. The maximum absolute atomic E-state index is 13.4. The largest absolute Gasteiger partial charge is 0.507 e. The van der Waals surface area contributed by atoms with Crippen molar-refractivity contribution in [3.8, 4) is 17.1 Å². The number of H-pyrrole nitrogens is 1. The molecule has 0 aliphatic carbocycles. The van der Waals surface area contributed by atoms with Crippen molar-refractivity contribution in [2.45, 2.75) is 31.2 Å². The first-order valence-electron chi connectivity index (χ1n) is 11.8. The van der Waals surface area contributed by atoms with Gasteiger partial charge in [-0.15, -0.1) is 10.2 Å². The number of nitrogens with one attached hydrogen (secondary N) is 1. The van der Waals surface area contributed by atoms with E-state index < -0.39 is 10.0 Å². The van der Waals surface area contributed by atoms with Gasteiger partial charge in [0.2, 0.25) is 10.0 Å². The number of aliphatic hydroxyl groups is 1. The zero-order valence-corrected chi connectivity index (χ0v) is 20.6. The van der Waals surface area contributed by atoms with Crippen molar-refractivity contribution in [2.75, 3.05) is 39.3 Å². The quantitative estimate of drug-likeness (QED) is 0.298. The van der Waals surface area contributed by atoms with Crippen LogP contribution in [0.5, 0.6) is 5.75 Å². The number of rotatable bonds is 8. The second kappa shape index (κ2) is 9.61. The molecule has 1 saturated heterocycles. The second-order valence-electron chi connectivity index (χ2n) is 8.74. The molecule has 4 aromatic rings. The van der Waals surface area contributed by atoms with E-state index in [0.29, 0.717) is 56.1 Å². The van der Waals surface area contributed by atoms with Crippen molar-refractivity contribution in [1.29, 1.82) is 0 Å². The van der Waals surface area contributed by atoms with Gasteiger partial charge in [0, 0.05) is 39.3 Å². The van der Waals surface area contributed by atoms with Crippen molar-refractivity contribution in [1.82, 2.24) is 38.3 Å². The predicted octanol–water partition coefficient (Wildman–Crippen LogP) is 0.239. The Bertz CT molecular complexity index is 1570. The van der Waals surface area contributed by atoms with Gasteiger partial charge in [-0.1, -0.05) is 13.3 Å². The molecule has 0 atom stereocenters. The van der Waals surface area contributed by atoms with Crippen LogP contribution in [-0.2, 0) is 16.6 Å². The molecule has 0 saturated carbocycles. The highest BCUT2D eigenvalue weighted by atomic mass is 32.2. The van der Waals surface area contributed by atoms with Gasteiger partial charge >= 0.3 is 5.69 Å². The van der Waals surface area contributed by atoms with Crippen molar-refractivity contribution in [3.63, 3.8) is 0 Å². The molecule has 4 heterocycles. The highest BCUT2D eigenvalue weighted by molar-refractivity contribution is 7.89. The number of benzene rings is 1. The third-order valence-electron chi connectivity index (χ3n) is 6.49. The number of hydrogen-bond donors (Lipinski definition) is 3. The molecular weight excluding hydrogens is 488 g/mol. The molecule has 1 aromatic carbocycles. The van der Waals surface area contributed by atoms with Crippen molar-refractivity contribution < 1.29 is 18.6 Å². The van der Waals surface area contributed by atoms with Crippen LogP contribution in [0.15, 0.2) is 34.2 Å². The summed E-state index contributed by atoms with van der Waals surface area (Å²) in [6.45, 7) is 4.65. The lowest BCUT2D eigenvalue weighted by Gasteiger charge is -2.33. The number of aromatic nitrogens is 6. The monoisotopic (exact) mass is 516 g/mol. The van der Waals surface area contributed by atoms with Gasteiger partial charge in [0.25, 0.3) is 0 Å². The van der Waals surface area contributed by atoms with Crippen LogP contribution < -0.4 is 5.69 Å². The number of unbranched alkanes of at least 4 members (excludes halogenated alkanes) is 1. The molecule has 13 nitrogen and oxygen atoms in total. The van der Waals surface area contributed by atoms with Gasteiger partial charge in [0.1, 0.15) is 23.4 Å². The normalized spacial score (nSPS) is 15.8. The van der Waals surface area contributed by atoms with Gasteiger partial charge in [-0.2, -0.15) is 4.31 Å². The van der Waals surface area contributed by atoms with Gasteiger partial charge in [-0.05, 0) is 24.6 Å². The number of phenols is 1. The molecule has 0 spiro atoms. The molecule has 14 heteroatoms. The van der Waals surface area contributed by atoms with Crippen LogP contribution in [0, 0.1) is 0 Å². The van der Waals surface area contributed by atoms with E-state index in [-0.39, 0.29) is 34.3 Å². The molecule has 5 rings (SSSR count). The van der Waals surface area contributed by atoms with Crippen LogP contribution in [0.25, 0.3) is 28.2 Å². The summed E-state index contributed by atoms with van der Waals surface area (Å²) in [6.07, 6.45) is 2.97. The summed E-state index contributed by atoms with van der Waals surface area (Å²) >= 11 is 0. The number of phenolic OH excluding ortho intramolecular Hbond substituents is 1. The van der Waals surface area contributed by atoms with Crippen molar-refractivity contribution >= 4 is 26.8 Å². The number of aromatic amines is 1. The third-order valence-corrected chi connectivity index (χ3v) is 8.39. The highest BCUT2D eigenvalue weighted by Gasteiger charge is 2.29. The number of β-amino-alcohol motifs (C(OH)–C–C–N with tert-alkyl or cyclic N) is 1. The van der Waals surface area contributed by atoms with E-state index in [4.69, 9.17) is 5.11 Å². The van der Waals surface area contributed by atoms with E-state index in [9.17, 15) is 18.3 Å². The Hall–Kier alpha value is -3.33. The minimum atomic E-state index is -3.82. The molecular formula is C22H28N8O5S. The van der Waals surface area contributed by atoms with E-state index in [0.717, 1.165) is 12.8 Å². The average molecular weight is 517 g/mol. The Morgan fingerprint density at radius 1 is 1.11 bits per heavy atom. The molecule has 1 aliphatic heterocycles. The average Bonchev–Trinajstić information content (AvgIpc) is 3.53. The molecule has 3 aromatic heterocycles. The molecule has 1 aliphatic rings. The first kappa shape index (κ1) is 24.4. The molecule has 1 fully saturated rings. The first-order chi connectivity index (χ1) is 17.3. The summed E-state index contributed by atoms with van der Waals surface area (Å²) in [5.74, 6) is 0.0637. The second-order valence-corrected chi connectivity index (χ2v) is 10.7. The molecule has 192 valence electrons. The Morgan fingerprint density at radius 2 is 1.89 bits per heavy atom. The lowest BCUT2D eigenvalue weighted by atomic mass is 10.2. The Labute approximate surface area is 206 Å². The Morgan fingerprint density at radius 3 is 2.61 bits per heavy atom. The standard InChI is InChI=1S/C22H28N8O5S/c1-2-3-6-29-20-18(21-26-23-14-30(21)22(29)33)24-19(25-20)16-13-15(4-5-17(16)32)36(34,35)28-9-7-27(8-10-28)11-12-31/h4-5,13-14,31-32H,2-3,6-12H2,1H3,(H,24,25). The van der Waals surface area contributed by atoms with Crippen LogP contribution in [0.3, 0.4) is 0 Å². The highest BCUT2D eigenvalue weighted by Crippen LogP contribution is 2.32. The Kier molecular flexibility index (Phi) is 6.51. The summed E-state index contributed by atoms with van der Waals surface area (Å²) in [5.41, 5.74) is 0.987. The fraction of sp³-hybridized carbons (Fsp3) is 0.455. The Balaban J connectivity index is 1.56. The van der Waals surface area contributed by atoms with Gasteiger partial charge in [-0.3, -0.25) is 9.47 Å². The number of piperazine rings is 1. The van der Waals surface area contributed by atoms with Gasteiger partial charge in [0.05, 0.1) is 17.1 Å². The fourth-order valence-electron chi connectivity index (χ4n) is 4.48. The van der Waals surface area contributed by atoms with E-state index in [1.807, 2.05) is 11.8 Å². The van der Waals surface area contributed by atoms with Crippen LogP contribution in [0.4, 0.5) is 0 Å². The predicted molar refractivity (Wildman–Crippen MR) is 131 cm³/mol. The first-order valence-corrected chi connectivity index (χ1v) is 13.3. The number of aliphatic hydroxyl groups excluding tert-OH is 1. The third kappa shape index (κ3) is 4.15. The smallest absolute Gasteiger partial charge is 0.336 e. The minimum Gasteiger partial charge on any atom is -0.507 e. The molecule has 0 unspecified atom stereocenters. The SMILES string of the molecule is CCCCn1c(=O)n2cnnc2c2[nH]c(-c3cc(S(=O)(=O)N4CCN(CCO)CC4)ccc3O)nc21. The minimum absolute atomic E-state index is 0.0268. The summed E-state index contributed by atoms with van der Waals surface area (Å²) in [7, 11) is -3.82. The van der Waals surface area contributed by atoms with Gasteiger partial charge in [-0.25, -0.2) is 22.6 Å². The number of imidazole rings is 1. The van der Waals surface area contributed by atoms with Crippen molar-refractivity contribution in [2.24, 2.45) is 0 Å². The summed E-state index contributed by atoms with van der Waals surface area (Å²) in [6, 6.07) is 4.08. The molecule has 3 N–H and O–H groups in total. The van der Waals surface area contributed by atoms with Crippen LogP contribution in [-0.4, -0.2) is 96.3 Å². The number of aromatic hydroxyl groups is 1. The van der Waals surface area contributed by atoms with Crippen LogP contribution in [0.1, 0.15) is 19.8 Å². The topological polar surface area (TPSA) is 162 Å². The molecule has 36 heavy (non-hydrogen) atoms. The van der Waals surface area contributed by atoms with Crippen LogP contribution >= 0.6 is 0 Å². The number of hydrogen-bond acceptors (Lipinski definition) is 9. The number of aryl methyl sites for hydroxylation is 1. The maximum Gasteiger partial charge on any atom is 0.336 e. The van der Waals surface area contributed by atoms with Gasteiger partial charge < -0.3 is 15.2 Å². The van der Waals surface area contributed by atoms with Gasteiger partial charge in [0.15, 0.2) is 11.3 Å². The molecule has 0 radical (unpaired) electrons. The van der Waals surface area contributed by atoms with E-state index >= 15 is 0 Å². The summed E-state index contributed by atoms with van der Waals surface area (Å²) < 4.78 is 31.0. The number of fused-ring (bicyclic) bond motifs is 3. The zero-order chi connectivity index (χ0) is 25.4. The number of sulfonamides is 1. The van der Waals surface area contributed by atoms with Crippen LogP contribution in [0.2, 0.25) is 0 Å². The van der Waals surface area contributed by atoms with E-state index in [1.54, 1.807) is 0 Å². The molecule has 0 amide bonds. The maximum atomic E-state index is 13.4. The lowest BCUT2D eigenvalue weighted by Crippen LogP contribution is -2.49. The summed E-state index contributed by atoms with van der Waals surface area (Å²) in [4.78, 5) is 22.7. The van der Waals surface area contributed by atoms with Crippen molar-refractivity contribution in [3.05, 3.63) is 35.0 Å². The van der Waals surface area contributed by atoms with E-state index in [2.05, 4.69) is 20.2 Å².